The lowest BCUT2D eigenvalue weighted by Gasteiger charge is -2.13. The van der Waals surface area contributed by atoms with E-state index in [0.29, 0.717) is 21.9 Å². The Kier molecular flexibility index (Phi) is 4.52. The van der Waals surface area contributed by atoms with Gasteiger partial charge in [0.15, 0.2) is 5.49 Å². The van der Waals surface area contributed by atoms with Crippen molar-refractivity contribution in [2.75, 3.05) is 13.0 Å². The van der Waals surface area contributed by atoms with Crippen LogP contribution >= 0.6 is 0 Å². The number of carbonyl (C=O) groups is 1. The second-order valence-electron chi connectivity index (χ2n) is 5.73. The van der Waals surface area contributed by atoms with E-state index in [-0.39, 0.29) is 11.1 Å². The Hall–Kier alpha value is -3.49. The molecule has 2 aromatic carbocycles. The molecule has 3 rings (SSSR count). The van der Waals surface area contributed by atoms with Crippen molar-refractivity contribution in [3.63, 3.8) is 0 Å². The summed E-state index contributed by atoms with van der Waals surface area (Å²) in [6.07, 6.45) is -2.92. The van der Waals surface area contributed by atoms with Crippen LogP contribution in [0.2, 0.25) is 0 Å². The van der Waals surface area contributed by atoms with Gasteiger partial charge in [-0.25, -0.2) is 9.47 Å². The van der Waals surface area contributed by atoms with Crippen LogP contribution in [-0.2, 0) is 10.9 Å². The second kappa shape index (κ2) is 6.67. The summed E-state index contributed by atoms with van der Waals surface area (Å²) < 4.78 is 44.2. The van der Waals surface area contributed by atoms with Crippen LogP contribution in [0, 0.1) is 0 Å². The summed E-state index contributed by atoms with van der Waals surface area (Å²) in [6.45, 7) is 0. The fourth-order valence-corrected chi connectivity index (χ4v) is 2.82. The van der Waals surface area contributed by atoms with E-state index in [1.807, 2.05) is 0 Å². The fourth-order valence-electron chi connectivity index (χ4n) is 2.82. The topological polar surface area (TPSA) is 95.6 Å². The molecule has 4 N–H and O–H groups in total. The maximum Gasteiger partial charge on any atom is 0.416 e. The van der Waals surface area contributed by atoms with Gasteiger partial charge in [-0.3, -0.25) is 0 Å². The number of rotatable bonds is 2. The van der Waals surface area contributed by atoms with Crippen LogP contribution in [-0.4, -0.2) is 17.8 Å². The number of methoxy groups -OCH3 is 1. The summed E-state index contributed by atoms with van der Waals surface area (Å²) in [4.78, 5) is 11.8. The van der Waals surface area contributed by atoms with Gasteiger partial charge in [-0.2, -0.15) is 18.3 Å². The molecule has 1 aromatic heterocycles. The van der Waals surface area contributed by atoms with Crippen molar-refractivity contribution in [2.24, 2.45) is 10.9 Å². The Balaban J connectivity index is 2.27. The smallest absolute Gasteiger partial charge is 0.416 e. The Morgan fingerprint density at radius 2 is 1.78 bits per heavy atom. The minimum Gasteiger partial charge on any atom is -0.465 e. The largest absolute Gasteiger partial charge is 0.465 e. The van der Waals surface area contributed by atoms with Gasteiger partial charge < -0.3 is 16.4 Å². The zero-order valence-electron chi connectivity index (χ0n) is 14.1. The number of nitrogens with two attached hydrogens (primary N) is 2. The highest BCUT2D eigenvalue weighted by molar-refractivity contribution is 6.00. The molecule has 0 radical (unpaired) electrons. The van der Waals surface area contributed by atoms with E-state index in [1.54, 1.807) is 12.1 Å². The van der Waals surface area contributed by atoms with Gasteiger partial charge in [-0.1, -0.05) is 18.2 Å². The highest BCUT2D eigenvalue weighted by Crippen LogP contribution is 2.32. The van der Waals surface area contributed by atoms with Crippen molar-refractivity contribution in [3.8, 4) is 11.1 Å². The second-order valence-corrected chi connectivity index (χ2v) is 5.73. The lowest BCUT2D eigenvalue weighted by Crippen LogP contribution is -2.29. The third-order valence-electron chi connectivity index (χ3n) is 4.13. The van der Waals surface area contributed by atoms with E-state index in [1.165, 1.54) is 31.5 Å². The normalized spacial score (nSPS) is 12.4. The van der Waals surface area contributed by atoms with E-state index < -0.39 is 17.7 Å². The maximum atomic E-state index is 12.8. The highest BCUT2D eigenvalue weighted by Gasteiger charge is 2.30. The first-order valence-corrected chi connectivity index (χ1v) is 7.70. The molecule has 0 atom stereocenters. The predicted octanol–water partition coefficient (Wildman–Crippen LogP) is 2.60. The summed E-state index contributed by atoms with van der Waals surface area (Å²) in [5.74, 6) is 10.8. The van der Waals surface area contributed by atoms with E-state index in [2.05, 4.69) is 5.10 Å². The van der Waals surface area contributed by atoms with Crippen molar-refractivity contribution < 1.29 is 22.7 Å². The van der Waals surface area contributed by atoms with Crippen LogP contribution in [0.4, 0.5) is 13.2 Å². The summed E-state index contributed by atoms with van der Waals surface area (Å²) in [7, 11) is 1.25. The van der Waals surface area contributed by atoms with Crippen molar-refractivity contribution in [2.45, 2.75) is 6.18 Å². The Bertz CT molecular complexity index is 1090. The van der Waals surface area contributed by atoms with Crippen molar-refractivity contribution in [3.05, 3.63) is 65.3 Å². The summed E-state index contributed by atoms with van der Waals surface area (Å²) in [5.41, 5.74) is 0.787. The zero-order chi connectivity index (χ0) is 19.8. The molecule has 27 heavy (non-hydrogen) atoms. The van der Waals surface area contributed by atoms with Crippen LogP contribution in [0.25, 0.3) is 21.9 Å². The molecule has 0 saturated carbocycles. The predicted molar refractivity (Wildman–Crippen MR) is 93.6 cm³/mol. The standard InChI is InChI=1S/C18H15F3N4O2/c1-27-17(26)11-4-7-13-14(8-11)16(24-22)25(23)9-15(13)10-2-5-12(6-3-10)18(19,20)21/h2-9H,22-23H2,1H3/b24-16-. The number of ether oxygens (including phenoxy) is 1. The average molecular weight is 376 g/mol. The van der Waals surface area contributed by atoms with Gasteiger partial charge in [0.2, 0.25) is 0 Å². The quantitative estimate of drug-likeness (QED) is 0.408. The SMILES string of the molecule is COC(=O)c1ccc2c(-c3ccc(C(F)(F)F)cc3)cn(N)/c(=N\N)c2c1. The number of aromatic nitrogens is 1. The molecule has 3 aromatic rings. The number of alkyl halides is 3. The van der Waals surface area contributed by atoms with E-state index >= 15 is 0 Å². The Morgan fingerprint density at radius 1 is 1.11 bits per heavy atom. The van der Waals surface area contributed by atoms with Gasteiger partial charge in [0.25, 0.3) is 0 Å². The number of hydrogen-bond donors (Lipinski definition) is 2. The molecule has 1 heterocycles. The average Bonchev–Trinajstić information content (AvgIpc) is 2.65. The van der Waals surface area contributed by atoms with Crippen LogP contribution in [0.15, 0.2) is 53.8 Å². The van der Waals surface area contributed by atoms with Crippen LogP contribution < -0.4 is 17.2 Å². The Morgan fingerprint density at radius 3 is 2.33 bits per heavy atom. The Labute approximate surface area is 151 Å². The molecule has 0 saturated heterocycles. The minimum absolute atomic E-state index is 0.200. The van der Waals surface area contributed by atoms with Gasteiger partial charge in [0.05, 0.1) is 18.2 Å². The molecule has 9 heteroatoms. The number of hydrogen-bond acceptors (Lipinski definition) is 5. The zero-order valence-corrected chi connectivity index (χ0v) is 14.1. The third-order valence-corrected chi connectivity index (χ3v) is 4.13. The molecule has 140 valence electrons. The number of benzene rings is 2. The number of carbonyl (C=O) groups excluding carboxylic acids is 1. The van der Waals surface area contributed by atoms with Gasteiger partial charge in [0.1, 0.15) is 0 Å². The molecule has 6 nitrogen and oxygen atoms in total. The number of nitrogens with zero attached hydrogens (tertiary/aromatic N) is 2. The number of pyridine rings is 1. The van der Waals surface area contributed by atoms with Gasteiger partial charge >= 0.3 is 12.1 Å². The lowest BCUT2D eigenvalue weighted by molar-refractivity contribution is -0.137. The molecule has 0 spiro atoms. The number of fused-ring (bicyclic) bond motifs is 1. The number of halogens is 3. The summed E-state index contributed by atoms with van der Waals surface area (Å²) in [6, 6.07) is 9.39. The molecular formula is C18H15F3N4O2. The van der Waals surface area contributed by atoms with Crippen molar-refractivity contribution in [1.82, 2.24) is 4.68 Å². The van der Waals surface area contributed by atoms with Crippen molar-refractivity contribution in [1.29, 1.82) is 0 Å². The molecule has 0 unspecified atom stereocenters. The first-order valence-electron chi connectivity index (χ1n) is 7.70. The van der Waals surface area contributed by atoms with Crippen LogP contribution in [0.5, 0.6) is 0 Å². The summed E-state index contributed by atoms with van der Waals surface area (Å²) >= 11 is 0. The van der Waals surface area contributed by atoms with Gasteiger partial charge in [-0.15, -0.1) is 0 Å². The molecule has 0 bridgehead atoms. The molecular weight excluding hydrogens is 361 g/mol. The molecule has 0 aliphatic rings. The minimum atomic E-state index is -4.42. The first kappa shape index (κ1) is 18.3. The summed E-state index contributed by atoms with van der Waals surface area (Å²) in [5, 5.41) is 4.72. The van der Waals surface area contributed by atoms with Crippen LogP contribution in [0.1, 0.15) is 15.9 Å². The number of nitrogen functional groups attached to an aromatic ring is 1. The monoisotopic (exact) mass is 376 g/mol. The van der Waals surface area contributed by atoms with Crippen molar-refractivity contribution >= 4 is 16.7 Å². The van der Waals surface area contributed by atoms with E-state index in [4.69, 9.17) is 16.4 Å². The van der Waals surface area contributed by atoms with E-state index in [9.17, 15) is 18.0 Å². The third kappa shape index (κ3) is 3.31. The van der Waals surface area contributed by atoms with Gasteiger partial charge in [0, 0.05) is 17.1 Å². The molecule has 0 aliphatic carbocycles. The number of esters is 1. The molecule has 0 amide bonds. The van der Waals surface area contributed by atoms with E-state index in [0.717, 1.165) is 16.8 Å². The lowest BCUT2D eigenvalue weighted by atomic mass is 9.98. The molecule has 0 fully saturated rings. The first-order chi connectivity index (χ1) is 12.8. The highest BCUT2D eigenvalue weighted by atomic mass is 19.4. The van der Waals surface area contributed by atoms with Crippen LogP contribution in [0.3, 0.4) is 0 Å². The molecule has 0 aliphatic heterocycles. The fraction of sp³-hybridized carbons (Fsp3) is 0.111. The van der Waals surface area contributed by atoms with Gasteiger partial charge in [-0.05, 0) is 35.2 Å². The maximum absolute atomic E-state index is 12.8.